The van der Waals surface area contributed by atoms with Gasteiger partial charge in [-0.25, -0.2) is 4.98 Å². The summed E-state index contributed by atoms with van der Waals surface area (Å²) < 4.78 is 18.6. The van der Waals surface area contributed by atoms with Crippen molar-refractivity contribution in [3.8, 4) is 0 Å². The van der Waals surface area contributed by atoms with Crippen molar-refractivity contribution in [3.63, 3.8) is 0 Å². The van der Waals surface area contributed by atoms with Gasteiger partial charge in [-0.15, -0.1) is 0 Å². The summed E-state index contributed by atoms with van der Waals surface area (Å²) in [5.74, 6) is -0.579. The van der Waals surface area contributed by atoms with Gasteiger partial charge in [0.1, 0.15) is 6.26 Å². The Balaban J connectivity index is 2.16. The van der Waals surface area contributed by atoms with Crippen molar-refractivity contribution in [2.24, 2.45) is 0 Å². The molecule has 2 rings (SSSR count). The molecule has 0 radical (unpaired) electrons. The maximum absolute atomic E-state index is 13.6. The number of benzene rings is 1. The first-order valence-electron chi connectivity index (χ1n) is 4.62. The van der Waals surface area contributed by atoms with Crippen molar-refractivity contribution in [2.45, 2.75) is 11.0 Å². The average Bonchev–Trinajstić information content (AvgIpc) is 2.80. The Hall–Kier alpha value is -1.89. The van der Waals surface area contributed by atoms with E-state index in [9.17, 15) is 14.5 Å². The summed E-state index contributed by atoms with van der Waals surface area (Å²) in [6.07, 6.45) is 2.89. The minimum absolute atomic E-state index is 0.230. The Morgan fingerprint density at radius 1 is 1.53 bits per heavy atom. The summed E-state index contributed by atoms with van der Waals surface area (Å²) >= 11 is 1.17. The third-order valence-corrected chi connectivity index (χ3v) is 2.92. The third-order valence-electron chi connectivity index (χ3n) is 2.02. The Morgan fingerprint density at radius 2 is 2.35 bits per heavy atom. The van der Waals surface area contributed by atoms with Crippen molar-refractivity contribution in [2.75, 3.05) is 0 Å². The summed E-state index contributed by atoms with van der Waals surface area (Å²) in [7, 11) is 0. The van der Waals surface area contributed by atoms with Gasteiger partial charge in [-0.3, -0.25) is 10.1 Å². The molecule has 0 saturated carbocycles. The fraction of sp³-hybridized carbons (Fsp3) is 0.100. The number of thioether (sulfide) groups is 1. The van der Waals surface area contributed by atoms with E-state index in [1.54, 1.807) is 0 Å². The van der Waals surface area contributed by atoms with E-state index in [2.05, 4.69) is 4.98 Å². The predicted octanol–water partition coefficient (Wildman–Crippen LogP) is 3.01. The van der Waals surface area contributed by atoms with Crippen LogP contribution in [0.4, 0.5) is 10.1 Å². The van der Waals surface area contributed by atoms with Crippen LogP contribution in [0.15, 0.2) is 40.3 Å². The Bertz CT molecular complexity index is 530. The van der Waals surface area contributed by atoms with E-state index in [0.717, 1.165) is 6.07 Å². The van der Waals surface area contributed by atoms with E-state index < -0.39 is 16.4 Å². The van der Waals surface area contributed by atoms with Crippen LogP contribution in [0.3, 0.4) is 0 Å². The van der Waals surface area contributed by atoms with Gasteiger partial charge in [0, 0.05) is 17.4 Å². The lowest BCUT2D eigenvalue weighted by Crippen LogP contribution is -1.96. The van der Waals surface area contributed by atoms with Gasteiger partial charge in [-0.1, -0.05) is 23.9 Å². The highest BCUT2D eigenvalue weighted by Gasteiger charge is 2.17. The van der Waals surface area contributed by atoms with Crippen molar-refractivity contribution in [1.29, 1.82) is 0 Å². The van der Waals surface area contributed by atoms with Crippen LogP contribution in [0.25, 0.3) is 0 Å². The third kappa shape index (κ3) is 2.62. The first kappa shape index (κ1) is 11.6. The number of halogens is 1. The molecule has 1 aromatic carbocycles. The van der Waals surface area contributed by atoms with Crippen LogP contribution in [0.5, 0.6) is 0 Å². The van der Waals surface area contributed by atoms with Crippen molar-refractivity contribution in [3.05, 3.63) is 52.2 Å². The maximum atomic E-state index is 13.6. The lowest BCUT2D eigenvalue weighted by Gasteiger charge is -2.01. The second-order valence-corrected chi connectivity index (χ2v) is 4.02. The van der Waals surface area contributed by atoms with E-state index >= 15 is 0 Å². The molecule has 0 aliphatic heterocycles. The molecule has 0 spiro atoms. The molecule has 2 aromatic rings. The summed E-state index contributed by atoms with van der Waals surface area (Å²) in [5.41, 5.74) is -0.266. The van der Waals surface area contributed by atoms with Gasteiger partial charge >= 0.3 is 5.69 Å². The van der Waals surface area contributed by atoms with Gasteiger partial charge < -0.3 is 4.42 Å². The second kappa shape index (κ2) is 4.96. The first-order valence-corrected chi connectivity index (χ1v) is 5.61. The highest BCUT2D eigenvalue weighted by Crippen LogP contribution is 2.26. The number of oxazole rings is 1. The molecule has 0 saturated heterocycles. The van der Waals surface area contributed by atoms with Crippen LogP contribution in [-0.2, 0) is 5.75 Å². The molecule has 0 unspecified atom stereocenters. The molecule has 88 valence electrons. The number of hydrogen-bond acceptors (Lipinski definition) is 5. The van der Waals surface area contributed by atoms with Gasteiger partial charge in [-0.2, -0.15) is 4.39 Å². The fourth-order valence-electron chi connectivity index (χ4n) is 1.24. The zero-order valence-corrected chi connectivity index (χ0v) is 9.32. The normalized spacial score (nSPS) is 10.4. The molecule has 7 heteroatoms. The minimum atomic E-state index is -0.809. The van der Waals surface area contributed by atoms with Gasteiger partial charge in [-0.05, 0) is 0 Å². The molecule has 0 atom stereocenters. The fourth-order valence-corrected chi connectivity index (χ4v) is 2.00. The summed E-state index contributed by atoms with van der Waals surface area (Å²) in [5, 5.41) is 10.9. The summed E-state index contributed by atoms with van der Waals surface area (Å²) in [4.78, 5) is 13.7. The number of hydrogen-bond donors (Lipinski definition) is 0. The van der Waals surface area contributed by atoms with Gasteiger partial charge in [0.15, 0.2) is 0 Å². The van der Waals surface area contributed by atoms with E-state index in [-0.39, 0.29) is 11.3 Å². The van der Waals surface area contributed by atoms with Gasteiger partial charge in [0.05, 0.1) is 11.1 Å². The van der Waals surface area contributed by atoms with Crippen LogP contribution in [0.1, 0.15) is 5.56 Å². The average molecular weight is 254 g/mol. The molecule has 5 nitrogen and oxygen atoms in total. The van der Waals surface area contributed by atoms with E-state index in [1.807, 2.05) is 0 Å². The molecule has 1 aromatic heterocycles. The number of nitro benzene ring substituents is 1. The lowest BCUT2D eigenvalue weighted by molar-refractivity contribution is -0.387. The van der Waals surface area contributed by atoms with Crippen LogP contribution in [0, 0.1) is 15.9 Å². The lowest BCUT2D eigenvalue weighted by atomic mass is 10.2. The molecule has 1 heterocycles. The molecule has 0 fully saturated rings. The highest BCUT2D eigenvalue weighted by atomic mass is 32.2. The Labute approximate surface area is 99.8 Å². The number of nitro groups is 1. The van der Waals surface area contributed by atoms with Crippen molar-refractivity contribution >= 4 is 17.4 Å². The Morgan fingerprint density at radius 3 is 3.00 bits per heavy atom. The zero-order valence-electron chi connectivity index (χ0n) is 8.50. The number of rotatable bonds is 4. The van der Waals surface area contributed by atoms with Gasteiger partial charge in [0.25, 0.3) is 5.22 Å². The van der Waals surface area contributed by atoms with Crippen molar-refractivity contribution < 1.29 is 13.7 Å². The van der Waals surface area contributed by atoms with E-state index in [0.29, 0.717) is 5.22 Å². The summed E-state index contributed by atoms with van der Waals surface area (Å²) in [6.45, 7) is 0. The second-order valence-electron chi connectivity index (χ2n) is 3.09. The molecule has 0 bridgehead atoms. The van der Waals surface area contributed by atoms with Gasteiger partial charge in [0.2, 0.25) is 5.82 Å². The molecule has 17 heavy (non-hydrogen) atoms. The SMILES string of the molecule is O=[N+]([O-])c1cccc(CSc2ncco2)c1F. The van der Waals surface area contributed by atoms with Crippen LogP contribution in [-0.4, -0.2) is 9.91 Å². The highest BCUT2D eigenvalue weighted by molar-refractivity contribution is 7.98. The Kier molecular flexibility index (Phi) is 3.38. The van der Waals surface area contributed by atoms with Crippen LogP contribution < -0.4 is 0 Å². The molecule has 0 aliphatic carbocycles. The quantitative estimate of drug-likeness (QED) is 0.476. The molecular formula is C10H7FN2O3S. The van der Waals surface area contributed by atoms with Crippen LogP contribution >= 0.6 is 11.8 Å². The smallest absolute Gasteiger partial charge is 0.305 e. The monoisotopic (exact) mass is 254 g/mol. The molecular weight excluding hydrogens is 247 g/mol. The maximum Gasteiger partial charge on any atom is 0.305 e. The predicted molar refractivity (Wildman–Crippen MR) is 59.1 cm³/mol. The number of nitrogens with zero attached hydrogens (tertiary/aromatic N) is 2. The standard InChI is InChI=1S/C10H7FN2O3S/c11-9-7(2-1-3-8(9)13(14)15)6-17-10-12-4-5-16-10/h1-5H,6H2. The summed E-state index contributed by atoms with van der Waals surface area (Å²) in [6, 6.07) is 4.08. The van der Waals surface area contributed by atoms with E-state index in [4.69, 9.17) is 4.42 Å². The molecule has 0 N–H and O–H groups in total. The first-order chi connectivity index (χ1) is 8.18. The molecule has 0 amide bonds. The minimum Gasteiger partial charge on any atom is -0.440 e. The number of aromatic nitrogens is 1. The zero-order chi connectivity index (χ0) is 12.3. The van der Waals surface area contributed by atoms with Crippen molar-refractivity contribution in [1.82, 2.24) is 4.98 Å². The van der Waals surface area contributed by atoms with E-state index in [1.165, 1.54) is 36.4 Å². The largest absolute Gasteiger partial charge is 0.440 e. The topological polar surface area (TPSA) is 69.2 Å². The van der Waals surface area contributed by atoms with Crippen LogP contribution in [0.2, 0.25) is 0 Å². The molecule has 0 aliphatic rings.